The first-order chi connectivity index (χ1) is 7.27. The number of halogens is 1. The van der Waals surface area contributed by atoms with E-state index in [4.69, 9.17) is 4.74 Å². The molecule has 0 aliphatic rings. The van der Waals surface area contributed by atoms with Crippen LogP contribution >= 0.6 is 15.9 Å². The van der Waals surface area contributed by atoms with E-state index in [2.05, 4.69) is 40.2 Å². The molecule has 15 heavy (non-hydrogen) atoms. The Bertz CT molecular complexity index is 310. The zero-order chi connectivity index (χ0) is 11.7. The lowest BCUT2D eigenvalue weighted by molar-refractivity contribution is 0.409. The highest BCUT2D eigenvalue weighted by atomic mass is 79.9. The van der Waals surface area contributed by atoms with Crippen LogP contribution in [0.15, 0.2) is 22.7 Å². The molecule has 0 aliphatic heterocycles. The maximum atomic E-state index is 5.27. The zero-order valence-corrected chi connectivity index (χ0v) is 10.7. The third-order valence-corrected chi connectivity index (χ3v) is 2.39. The van der Waals surface area contributed by atoms with E-state index in [-0.39, 0.29) is 0 Å². The van der Waals surface area contributed by atoms with E-state index in [9.17, 15) is 0 Å². The van der Waals surface area contributed by atoms with E-state index in [1.165, 1.54) is 5.56 Å². The van der Waals surface area contributed by atoms with Gasteiger partial charge in [-0.3, -0.25) is 0 Å². The third-order valence-electron chi connectivity index (χ3n) is 1.89. The molecule has 0 aromatic heterocycles. The monoisotopic (exact) mass is 269 g/mol. The third kappa shape index (κ3) is 4.87. The minimum Gasteiger partial charge on any atom is -0.496 e. The molecular weight excluding hydrogens is 254 g/mol. The molecule has 82 valence electrons. The number of rotatable bonds is 4. The highest BCUT2D eigenvalue weighted by Crippen LogP contribution is 2.23. The van der Waals surface area contributed by atoms with Crippen LogP contribution in [-0.4, -0.2) is 20.7 Å². The van der Waals surface area contributed by atoms with Gasteiger partial charge in [-0.05, 0) is 37.7 Å². The van der Waals surface area contributed by atoms with Gasteiger partial charge >= 0.3 is 0 Å². The van der Waals surface area contributed by atoms with Gasteiger partial charge in [0.05, 0.1) is 7.11 Å². The maximum Gasteiger partial charge on any atom is 0.123 e. The number of methoxy groups -OCH3 is 1. The van der Waals surface area contributed by atoms with Crippen LogP contribution in [0.25, 0.3) is 0 Å². The second-order valence-corrected chi connectivity index (χ2v) is 3.73. The molecule has 0 saturated carbocycles. The Morgan fingerprint density at radius 3 is 2.60 bits per heavy atom. The molecule has 1 N–H and O–H groups in total. The van der Waals surface area contributed by atoms with Crippen molar-refractivity contribution in [3.63, 3.8) is 0 Å². The molecule has 0 amide bonds. The molecule has 3 heteroatoms. The number of terminal acetylenes is 1. The fraction of sp³-hybridized carbons (Fsp3) is 0.333. The van der Waals surface area contributed by atoms with E-state index in [0.717, 1.165) is 23.2 Å². The maximum absolute atomic E-state index is 5.27. The predicted molar refractivity (Wildman–Crippen MR) is 68.2 cm³/mol. The van der Waals surface area contributed by atoms with Crippen molar-refractivity contribution in [2.75, 3.05) is 20.7 Å². The first-order valence-corrected chi connectivity index (χ1v) is 5.37. The second-order valence-electron chi connectivity index (χ2n) is 2.81. The zero-order valence-electron chi connectivity index (χ0n) is 9.09. The van der Waals surface area contributed by atoms with Crippen molar-refractivity contribution >= 4 is 15.9 Å². The molecule has 1 rings (SSSR count). The summed E-state index contributed by atoms with van der Waals surface area (Å²) >= 11 is 3.41. The van der Waals surface area contributed by atoms with Crippen molar-refractivity contribution in [3.05, 3.63) is 28.2 Å². The van der Waals surface area contributed by atoms with Crippen molar-refractivity contribution in [3.8, 4) is 18.6 Å². The molecule has 0 unspecified atom stereocenters. The van der Waals surface area contributed by atoms with Crippen molar-refractivity contribution in [1.29, 1.82) is 0 Å². The fourth-order valence-corrected chi connectivity index (χ4v) is 1.52. The molecule has 0 aliphatic carbocycles. The van der Waals surface area contributed by atoms with Crippen LogP contribution < -0.4 is 10.1 Å². The number of ether oxygens (including phenoxy) is 1. The lowest BCUT2D eigenvalue weighted by atomic mass is 10.1. The molecule has 0 bridgehead atoms. The van der Waals surface area contributed by atoms with Gasteiger partial charge in [-0.25, -0.2) is 0 Å². The average Bonchev–Trinajstić information content (AvgIpc) is 2.30. The summed E-state index contributed by atoms with van der Waals surface area (Å²) in [5.74, 6) is 0.949. The van der Waals surface area contributed by atoms with Crippen LogP contribution in [-0.2, 0) is 6.42 Å². The summed E-state index contributed by atoms with van der Waals surface area (Å²) in [4.78, 5) is 0. The minimum absolute atomic E-state index is 0.949. The normalized spacial score (nSPS) is 8.87. The van der Waals surface area contributed by atoms with E-state index in [1.54, 1.807) is 7.11 Å². The van der Waals surface area contributed by atoms with E-state index in [0.29, 0.717) is 0 Å². The average molecular weight is 270 g/mol. The van der Waals surface area contributed by atoms with Crippen LogP contribution in [0.5, 0.6) is 5.75 Å². The van der Waals surface area contributed by atoms with Gasteiger partial charge in [0.25, 0.3) is 0 Å². The molecule has 1 aromatic carbocycles. The topological polar surface area (TPSA) is 21.3 Å². The molecular formula is C12H16BrNO. The van der Waals surface area contributed by atoms with Crippen molar-refractivity contribution < 1.29 is 4.74 Å². The first-order valence-electron chi connectivity index (χ1n) is 4.58. The van der Waals surface area contributed by atoms with Gasteiger partial charge in [0.1, 0.15) is 5.75 Å². The molecule has 0 heterocycles. The Labute approximate surface area is 100 Å². The highest BCUT2D eigenvalue weighted by molar-refractivity contribution is 9.10. The number of hydrogen-bond acceptors (Lipinski definition) is 2. The van der Waals surface area contributed by atoms with Crippen LogP contribution in [0.2, 0.25) is 0 Å². The largest absolute Gasteiger partial charge is 0.496 e. The van der Waals surface area contributed by atoms with Crippen LogP contribution in [0.3, 0.4) is 0 Å². The Balaban J connectivity index is 0.000000921. The Kier molecular flexibility index (Phi) is 7.79. The number of nitrogens with one attached hydrogen (secondary N) is 1. The van der Waals surface area contributed by atoms with E-state index in [1.807, 2.05) is 19.2 Å². The molecule has 0 spiro atoms. The molecule has 0 atom stereocenters. The molecule has 0 saturated heterocycles. The van der Waals surface area contributed by atoms with Crippen LogP contribution in [0.4, 0.5) is 0 Å². The van der Waals surface area contributed by atoms with Crippen LogP contribution in [0.1, 0.15) is 5.56 Å². The second kappa shape index (κ2) is 8.34. The van der Waals surface area contributed by atoms with Gasteiger partial charge in [-0.2, -0.15) is 0 Å². The lowest BCUT2D eigenvalue weighted by Crippen LogP contribution is -2.10. The van der Waals surface area contributed by atoms with Crippen molar-refractivity contribution in [1.82, 2.24) is 5.32 Å². The van der Waals surface area contributed by atoms with Gasteiger partial charge in [0, 0.05) is 4.47 Å². The summed E-state index contributed by atoms with van der Waals surface area (Å²) in [5.41, 5.74) is 1.24. The van der Waals surface area contributed by atoms with Gasteiger partial charge in [0.2, 0.25) is 0 Å². The van der Waals surface area contributed by atoms with Gasteiger partial charge in [-0.1, -0.05) is 22.0 Å². The van der Waals surface area contributed by atoms with Gasteiger partial charge in [-0.15, -0.1) is 12.8 Å². The minimum atomic E-state index is 0.949. The van der Waals surface area contributed by atoms with Gasteiger partial charge in [0.15, 0.2) is 0 Å². The number of likely N-dealkylation sites (N-methyl/N-ethyl adjacent to an activating group) is 1. The standard InChI is InChI=1S/C10H14BrNO.C2H2/c1-12-6-5-8-3-4-9(11)7-10(8)13-2;1-2/h3-4,7,12H,5-6H2,1-2H3;1-2H. The predicted octanol–water partition coefficient (Wildman–Crippen LogP) is 2.47. The van der Waals surface area contributed by atoms with Gasteiger partial charge < -0.3 is 10.1 Å². The Morgan fingerprint density at radius 1 is 1.40 bits per heavy atom. The quantitative estimate of drug-likeness (QED) is 0.849. The van der Waals surface area contributed by atoms with Crippen molar-refractivity contribution in [2.24, 2.45) is 0 Å². The number of hydrogen-bond donors (Lipinski definition) is 1. The highest BCUT2D eigenvalue weighted by Gasteiger charge is 2.02. The SMILES string of the molecule is C#C.CNCCc1ccc(Br)cc1OC. The Morgan fingerprint density at radius 2 is 2.07 bits per heavy atom. The molecule has 2 nitrogen and oxygen atoms in total. The summed E-state index contributed by atoms with van der Waals surface area (Å²) in [6.45, 7) is 0.970. The summed E-state index contributed by atoms with van der Waals surface area (Å²) in [6, 6.07) is 6.11. The molecule has 0 fully saturated rings. The molecule has 1 aromatic rings. The summed E-state index contributed by atoms with van der Waals surface area (Å²) in [5, 5.41) is 3.11. The first kappa shape index (κ1) is 14.0. The van der Waals surface area contributed by atoms with Crippen LogP contribution in [0, 0.1) is 12.8 Å². The Hall–Kier alpha value is -0.980. The summed E-state index contributed by atoms with van der Waals surface area (Å²) < 4.78 is 6.32. The molecule has 0 radical (unpaired) electrons. The fourth-order valence-electron chi connectivity index (χ4n) is 1.18. The van der Waals surface area contributed by atoms with E-state index >= 15 is 0 Å². The summed E-state index contributed by atoms with van der Waals surface area (Å²) in [6.07, 6.45) is 8.99. The van der Waals surface area contributed by atoms with E-state index < -0.39 is 0 Å². The summed E-state index contributed by atoms with van der Waals surface area (Å²) in [7, 11) is 3.65. The number of benzene rings is 1. The smallest absolute Gasteiger partial charge is 0.123 e. The lowest BCUT2D eigenvalue weighted by Gasteiger charge is -2.08. The van der Waals surface area contributed by atoms with Crippen molar-refractivity contribution in [2.45, 2.75) is 6.42 Å².